The summed E-state index contributed by atoms with van der Waals surface area (Å²) in [6.45, 7) is 12.4. The summed E-state index contributed by atoms with van der Waals surface area (Å²) >= 11 is 1.70. The molecule has 7 heteroatoms. The summed E-state index contributed by atoms with van der Waals surface area (Å²) in [5.41, 5.74) is 0.371. The van der Waals surface area contributed by atoms with Crippen molar-refractivity contribution in [3.63, 3.8) is 0 Å². The van der Waals surface area contributed by atoms with Crippen LogP contribution in [-0.2, 0) is 4.79 Å². The van der Waals surface area contributed by atoms with Gasteiger partial charge >= 0.3 is 0 Å². The summed E-state index contributed by atoms with van der Waals surface area (Å²) in [6.07, 6.45) is 1.65. The van der Waals surface area contributed by atoms with E-state index in [4.69, 9.17) is 0 Å². The van der Waals surface area contributed by atoms with Gasteiger partial charge in [0, 0.05) is 44.1 Å². The van der Waals surface area contributed by atoms with Gasteiger partial charge in [0.15, 0.2) is 0 Å². The fraction of sp³-hybridized carbons (Fsp3) is 0.611. The number of piperazine rings is 1. The summed E-state index contributed by atoms with van der Waals surface area (Å²) in [7, 11) is 0. The van der Waals surface area contributed by atoms with Crippen LogP contribution < -0.4 is 4.90 Å². The third kappa shape index (κ3) is 3.35. The van der Waals surface area contributed by atoms with Crippen LogP contribution >= 0.6 is 11.3 Å². The number of likely N-dealkylation sites (tertiary alicyclic amines) is 1. The van der Waals surface area contributed by atoms with E-state index in [1.165, 1.54) is 4.88 Å². The molecule has 25 heavy (non-hydrogen) atoms. The van der Waals surface area contributed by atoms with Crippen molar-refractivity contribution in [1.82, 2.24) is 19.8 Å². The number of nitrogens with zero attached hydrogens (tertiary/aromatic N) is 5. The number of anilines is 1. The minimum atomic E-state index is 0.259. The molecule has 4 heterocycles. The van der Waals surface area contributed by atoms with E-state index in [1.807, 2.05) is 4.90 Å². The van der Waals surface area contributed by atoms with Gasteiger partial charge in [-0.1, -0.05) is 13.8 Å². The van der Waals surface area contributed by atoms with Gasteiger partial charge in [-0.2, -0.15) is 0 Å². The van der Waals surface area contributed by atoms with Crippen LogP contribution in [-0.4, -0.2) is 71.5 Å². The van der Waals surface area contributed by atoms with Gasteiger partial charge in [-0.15, -0.1) is 11.3 Å². The van der Waals surface area contributed by atoms with E-state index in [2.05, 4.69) is 46.6 Å². The van der Waals surface area contributed by atoms with Crippen LogP contribution in [0.3, 0.4) is 0 Å². The largest absolute Gasteiger partial charge is 0.352 e. The molecule has 2 aliphatic heterocycles. The van der Waals surface area contributed by atoms with E-state index in [1.54, 1.807) is 17.7 Å². The molecule has 0 aliphatic carbocycles. The molecule has 2 fully saturated rings. The number of hydrogen-bond donors (Lipinski definition) is 0. The van der Waals surface area contributed by atoms with E-state index < -0.39 is 0 Å². The Hall–Kier alpha value is -1.73. The Morgan fingerprint density at radius 3 is 2.60 bits per heavy atom. The maximum Gasteiger partial charge on any atom is 0.236 e. The molecule has 2 aliphatic rings. The highest BCUT2D eigenvalue weighted by atomic mass is 32.1. The average Bonchev–Trinajstić information content (AvgIpc) is 2.93. The first kappa shape index (κ1) is 16.7. The van der Waals surface area contributed by atoms with E-state index in [0.717, 1.165) is 55.3 Å². The SMILES string of the molecule is Cc1cc2c(N3CCN(C(=O)CN4CC(C)(C)C4)CC3)ncnc2s1. The highest BCUT2D eigenvalue weighted by Crippen LogP contribution is 2.30. The minimum absolute atomic E-state index is 0.259. The molecule has 0 atom stereocenters. The molecule has 1 amide bonds. The number of carbonyl (C=O) groups excluding carboxylic acids is 1. The van der Waals surface area contributed by atoms with Gasteiger partial charge in [0.25, 0.3) is 0 Å². The summed E-state index contributed by atoms with van der Waals surface area (Å²) in [5.74, 6) is 1.26. The number of rotatable bonds is 3. The smallest absolute Gasteiger partial charge is 0.236 e. The van der Waals surface area contributed by atoms with E-state index in [-0.39, 0.29) is 5.91 Å². The zero-order chi connectivity index (χ0) is 17.6. The van der Waals surface area contributed by atoms with Crippen LogP contribution in [0.2, 0.25) is 0 Å². The number of thiophene rings is 1. The van der Waals surface area contributed by atoms with Crippen molar-refractivity contribution in [1.29, 1.82) is 0 Å². The number of aryl methyl sites for hydroxylation is 1. The molecule has 0 bridgehead atoms. The van der Waals surface area contributed by atoms with Crippen molar-refractivity contribution in [2.24, 2.45) is 5.41 Å². The Morgan fingerprint density at radius 1 is 1.20 bits per heavy atom. The summed E-state index contributed by atoms with van der Waals surface area (Å²) in [6, 6.07) is 2.17. The van der Waals surface area contributed by atoms with Gasteiger partial charge in [0.05, 0.1) is 11.9 Å². The lowest BCUT2D eigenvalue weighted by molar-refractivity contribution is -0.135. The monoisotopic (exact) mass is 359 g/mol. The van der Waals surface area contributed by atoms with Gasteiger partial charge in [0.2, 0.25) is 5.91 Å². The number of fused-ring (bicyclic) bond motifs is 1. The molecule has 0 radical (unpaired) electrons. The second-order valence-corrected chi connectivity index (χ2v) is 9.19. The van der Waals surface area contributed by atoms with Gasteiger partial charge in [0.1, 0.15) is 17.0 Å². The molecular weight excluding hydrogens is 334 g/mol. The van der Waals surface area contributed by atoms with Crippen molar-refractivity contribution >= 4 is 33.3 Å². The fourth-order valence-corrected chi connectivity index (χ4v) is 4.79. The molecule has 2 saturated heterocycles. The zero-order valence-corrected chi connectivity index (χ0v) is 16.0. The molecule has 4 rings (SSSR count). The van der Waals surface area contributed by atoms with Crippen LogP contribution in [0.5, 0.6) is 0 Å². The van der Waals surface area contributed by atoms with E-state index in [9.17, 15) is 4.79 Å². The predicted molar refractivity (Wildman–Crippen MR) is 101 cm³/mol. The lowest BCUT2D eigenvalue weighted by atomic mass is 9.84. The molecule has 2 aromatic rings. The average molecular weight is 359 g/mol. The van der Waals surface area contributed by atoms with Crippen LogP contribution in [0.15, 0.2) is 12.4 Å². The maximum absolute atomic E-state index is 12.5. The number of carbonyl (C=O) groups is 1. The van der Waals surface area contributed by atoms with Crippen LogP contribution in [0.4, 0.5) is 5.82 Å². The first-order chi connectivity index (χ1) is 11.9. The molecule has 0 aromatic carbocycles. The normalized spacial score (nSPS) is 20.8. The first-order valence-corrected chi connectivity index (χ1v) is 9.69. The second kappa shape index (κ2) is 6.21. The van der Waals surface area contributed by atoms with Crippen LogP contribution in [0.1, 0.15) is 18.7 Å². The standard InChI is InChI=1S/C18H25N5OS/c1-13-8-14-16(19-12-20-17(14)25-13)23-6-4-22(5-7-23)15(24)9-21-10-18(2,3)11-21/h8,12H,4-7,9-11H2,1-3H3. The predicted octanol–water partition coefficient (Wildman–Crippen LogP) is 1.99. The molecule has 2 aromatic heterocycles. The lowest BCUT2D eigenvalue weighted by Gasteiger charge is -2.46. The Labute approximate surface area is 152 Å². The van der Waals surface area contributed by atoms with Crippen molar-refractivity contribution in [2.45, 2.75) is 20.8 Å². The van der Waals surface area contributed by atoms with Crippen LogP contribution in [0, 0.1) is 12.3 Å². The van der Waals surface area contributed by atoms with Gasteiger partial charge in [-0.05, 0) is 18.4 Å². The van der Waals surface area contributed by atoms with Gasteiger partial charge in [-0.25, -0.2) is 9.97 Å². The van der Waals surface area contributed by atoms with E-state index in [0.29, 0.717) is 12.0 Å². The second-order valence-electron chi connectivity index (χ2n) is 7.95. The number of hydrogen-bond acceptors (Lipinski definition) is 6. The molecular formula is C18H25N5OS. The maximum atomic E-state index is 12.5. The molecule has 0 spiro atoms. The van der Waals surface area contributed by atoms with Crippen molar-refractivity contribution in [3.05, 3.63) is 17.3 Å². The molecule has 6 nitrogen and oxygen atoms in total. The molecule has 0 unspecified atom stereocenters. The molecule has 0 saturated carbocycles. The molecule has 134 valence electrons. The fourth-order valence-electron chi connectivity index (χ4n) is 3.95. The minimum Gasteiger partial charge on any atom is -0.352 e. The van der Waals surface area contributed by atoms with Crippen LogP contribution in [0.25, 0.3) is 10.2 Å². The summed E-state index contributed by atoms with van der Waals surface area (Å²) < 4.78 is 0. The third-order valence-electron chi connectivity index (χ3n) is 5.03. The Morgan fingerprint density at radius 2 is 1.92 bits per heavy atom. The van der Waals surface area contributed by atoms with Crippen molar-refractivity contribution in [3.8, 4) is 0 Å². The Kier molecular flexibility index (Phi) is 4.16. The molecule has 0 N–H and O–H groups in total. The van der Waals surface area contributed by atoms with E-state index >= 15 is 0 Å². The first-order valence-electron chi connectivity index (χ1n) is 8.87. The summed E-state index contributed by atoms with van der Waals surface area (Å²) in [4.78, 5) is 30.2. The number of amides is 1. The van der Waals surface area contributed by atoms with Gasteiger partial charge in [-0.3, -0.25) is 9.69 Å². The zero-order valence-electron chi connectivity index (χ0n) is 15.2. The summed E-state index contributed by atoms with van der Waals surface area (Å²) in [5, 5.41) is 1.13. The number of aromatic nitrogens is 2. The highest BCUT2D eigenvalue weighted by Gasteiger charge is 2.36. The van der Waals surface area contributed by atoms with Crippen molar-refractivity contribution in [2.75, 3.05) is 50.7 Å². The topological polar surface area (TPSA) is 52.6 Å². The Balaban J connectivity index is 1.37. The third-order valence-corrected chi connectivity index (χ3v) is 5.98. The Bertz CT molecular complexity index is 786. The van der Waals surface area contributed by atoms with Gasteiger partial charge < -0.3 is 9.80 Å². The lowest BCUT2D eigenvalue weighted by Crippen LogP contribution is -2.57. The quantitative estimate of drug-likeness (QED) is 0.839. The van der Waals surface area contributed by atoms with Crippen molar-refractivity contribution < 1.29 is 4.79 Å². The highest BCUT2D eigenvalue weighted by molar-refractivity contribution is 7.18.